The minimum absolute atomic E-state index is 0.618. The molecule has 1 aliphatic rings. The molecule has 5 rings (SSSR count). The topological polar surface area (TPSA) is 91.9 Å². The Bertz CT molecular complexity index is 1310. The van der Waals surface area contributed by atoms with Crippen molar-refractivity contribution in [2.24, 2.45) is 7.05 Å². The van der Waals surface area contributed by atoms with Crippen LogP contribution in [0.1, 0.15) is 11.3 Å². The second-order valence-corrected chi connectivity index (χ2v) is 7.79. The molecule has 8 nitrogen and oxygen atoms in total. The van der Waals surface area contributed by atoms with E-state index < -0.39 is 0 Å². The monoisotopic (exact) mass is 425 g/mol. The van der Waals surface area contributed by atoms with Gasteiger partial charge in [-0.1, -0.05) is 12.1 Å². The zero-order valence-corrected chi connectivity index (χ0v) is 18.0. The number of ether oxygens (including phenoxy) is 1. The number of aromatic nitrogens is 4. The Kier molecular flexibility index (Phi) is 5.17. The van der Waals surface area contributed by atoms with Gasteiger partial charge in [0.1, 0.15) is 5.82 Å². The quantitative estimate of drug-likeness (QED) is 0.532. The smallest absolute Gasteiger partial charge is 0.228 e. The lowest BCUT2D eigenvalue weighted by molar-refractivity contribution is 0.122. The highest BCUT2D eigenvalue weighted by Crippen LogP contribution is 2.29. The van der Waals surface area contributed by atoms with Crippen LogP contribution in [-0.4, -0.2) is 46.1 Å². The number of nitrogens with zero attached hydrogens (tertiary/aromatic N) is 6. The molecule has 1 aliphatic heterocycles. The van der Waals surface area contributed by atoms with E-state index in [4.69, 9.17) is 20.0 Å². The van der Waals surface area contributed by atoms with Gasteiger partial charge in [0.2, 0.25) is 5.95 Å². The summed E-state index contributed by atoms with van der Waals surface area (Å²) in [5, 5.41) is 18.1. The highest BCUT2D eigenvalue weighted by atomic mass is 16.5. The first-order valence-electron chi connectivity index (χ1n) is 10.5. The molecule has 0 amide bonds. The van der Waals surface area contributed by atoms with Crippen molar-refractivity contribution >= 4 is 28.4 Å². The first-order valence-corrected chi connectivity index (χ1v) is 10.5. The molecule has 1 N–H and O–H groups in total. The molecule has 0 aliphatic carbocycles. The zero-order chi connectivity index (χ0) is 22.1. The third-order valence-electron chi connectivity index (χ3n) is 5.63. The van der Waals surface area contributed by atoms with Crippen molar-refractivity contribution < 1.29 is 4.74 Å². The Morgan fingerprint density at radius 2 is 1.81 bits per heavy atom. The lowest BCUT2D eigenvalue weighted by atomic mass is 10.1. The molecule has 4 aromatic rings. The molecule has 160 valence electrons. The van der Waals surface area contributed by atoms with Crippen LogP contribution in [0, 0.1) is 18.3 Å². The molecule has 0 radical (unpaired) electrons. The summed E-state index contributed by atoms with van der Waals surface area (Å²) in [6.45, 7) is 4.83. The molecule has 3 heterocycles. The Morgan fingerprint density at radius 1 is 1.03 bits per heavy atom. The van der Waals surface area contributed by atoms with Crippen LogP contribution >= 0.6 is 0 Å². The van der Waals surface area contributed by atoms with E-state index in [1.165, 1.54) is 0 Å². The first-order chi connectivity index (χ1) is 15.6. The van der Waals surface area contributed by atoms with Gasteiger partial charge in [-0.3, -0.25) is 4.68 Å². The fourth-order valence-corrected chi connectivity index (χ4v) is 3.92. The van der Waals surface area contributed by atoms with Crippen molar-refractivity contribution in [2.75, 3.05) is 36.5 Å². The van der Waals surface area contributed by atoms with Gasteiger partial charge in [-0.15, -0.1) is 0 Å². The Labute approximate surface area is 186 Å². The highest BCUT2D eigenvalue weighted by Gasteiger charge is 2.17. The predicted molar refractivity (Wildman–Crippen MR) is 124 cm³/mol. The second-order valence-electron chi connectivity index (χ2n) is 7.79. The van der Waals surface area contributed by atoms with Crippen molar-refractivity contribution in [3.05, 3.63) is 59.8 Å². The predicted octanol–water partition coefficient (Wildman–Crippen LogP) is 3.79. The van der Waals surface area contributed by atoms with Crippen molar-refractivity contribution in [2.45, 2.75) is 6.92 Å². The lowest BCUT2D eigenvalue weighted by Crippen LogP contribution is -2.37. The fourth-order valence-electron chi connectivity index (χ4n) is 3.92. The normalized spacial score (nSPS) is 13.8. The number of benzene rings is 2. The number of hydrogen-bond acceptors (Lipinski definition) is 7. The van der Waals surface area contributed by atoms with E-state index >= 15 is 0 Å². The van der Waals surface area contributed by atoms with Gasteiger partial charge in [-0.25, -0.2) is 4.98 Å². The summed E-state index contributed by atoms with van der Waals surface area (Å²) in [5.41, 5.74) is 5.38. The summed E-state index contributed by atoms with van der Waals surface area (Å²) < 4.78 is 7.40. The van der Waals surface area contributed by atoms with E-state index in [9.17, 15) is 0 Å². The van der Waals surface area contributed by atoms with Crippen LogP contribution in [0.2, 0.25) is 0 Å². The van der Waals surface area contributed by atoms with E-state index in [1.54, 1.807) is 12.1 Å². The van der Waals surface area contributed by atoms with Gasteiger partial charge >= 0.3 is 0 Å². The maximum atomic E-state index is 9.04. The average molecular weight is 425 g/mol. The average Bonchev–Trinajstić information content (AvgIpc) is 3.12. The first kappa shape index (κ1) is 20.0. The standard InChI is InChI=1S/C24H23N7O/c1-16-20-8-5-18(13-22(20)30(2)29-16)21-14-23(26-19-6-3-17(15-25)4-7-19)28-24(27-21)31-9-11-32-12-10-31/h3-8,13-14H,9-12H2,1-2H3,(H,26,27,28). The Balaban J connectivity index is 1.57. The summed E-state index contributed by atoms with van der Waals surface area (Å²) in [4.78, 5) is 11.8. The summed E-state index contributed by atoms with van der Waals surface area (Å²) in [7, 11) is 1.95. The minimum Gasteiger partial charge on any atom is -0.378 e. The van der Waals surface area contributed by atoms with E-state index in [1.807, 2.05) is 36.9 Å². The number of nitrogens with one attached hydrogen (secondary N) is 1. The molecule has 1 fully saturated rings. The Morgan fingerprint density at radius 3 is 2.56 bits per heavy atom. The van der Waals surface area contributed by atoms with Gasteiger partial charge in [-0.2, -0.15) is 15.3 Å². The molecular formula is C24H23N7O. The number of fused-ring (bicyclic) bond motifs is 1. The van der Waals surface area contributed by atoms with E-state index in [-0.39, 0.29) is 0 Å². The molecule has 32 heavy (non-hydrogen) atoms. The molecule has 0 saturated carbocycles. The van der Waals surface area contributed by atoms with Gasteiger partial charge in [-0.05, 0) is 37.3 Å². The van der Waals surface area contributed by atoms with Crippen molar-refractivity contribution in [3.63, 3.8) is 0 Å². The highest BCUT2D eigenvalue weighted by molar-refractivity contribution is 5.86. The van der Waals surface area contributed by atoms with Crippen molar-refractivity contribution in [3.8, 4) is 17.3 Å². The number of morpholine rings is 1. The summed E-state index contributed by atoms with van der Waals surface area (Å²) in [5.74, 6) is 1.37. The number of hydrogen-bond donors (Lipinski definition) is 1. The minimum atomic E-state index is 0.618. The van der Waals surface area contributed by atoms with Crippen LogP contribution in [0.4, 0.5) is 17.5 Å². The van der Waals surface area contributed by atoms with Crippen LogP contribution in [0.5, 0.6) is 0 Å². The Hall–Kier alpha value is -3.96. The maximum Gasteiger partial charge on any atom is 0.228 e. The summed E-state index contributed by atoms with van der Waals surface area (Å²) in [6.07, 6.45) is 0. The maximum absolute atomic E-state index is 9.04. The fraction of sp³-hybridized carbons (Fsp3) is 0.250. The molecule has 8 heteroatoms. The van der Waals surface area contributed by atoms with Crippen molar-refractivity contribution in [1.29, 1.82) is 5.26 Å². The van der Waals surface area contributed by atoms with Gasteiger partial charge in [0.05, 0.1) is 41.8 Å². The lowest BCUT2D eigenvalue weighted by Gasteiger charge is -2.27. The number of nitriles is 1. The van der Waals surface area contributed by atoms with Gasteiger partial charge in [0.15, 0.2) is 0 Å². The summed E-state index contributed by atoms with van der Waals surface area (Å²) in [6, 6.07) is 17.7. The molecule has 0 atom stereocenters. The third kappa shape index (κ3) is 3.86. The molecule has 0 unspecified atom stereocenters. The van der Waals surface area contributed by atoms with Crippen LogP contribution in [0.15, 0.2) is 48.5 Å². The molecule has 0 bridgehead atoms. The van der Waals surface area contributed by atoms with Crippen LogP contribution in [0.25, 0.3) is 22.2 Å². The van der Waals surface area contributed by atoms with Crippen LogP contribution in [0.3, 0.4) is 0 Å². The van der Waals surface area contributed by atoms with E-state index in [0.717, 1.165) is 46.6 Å². The summed E-state index contributed by atoms with van der Waals surface area (Å²) >= 11 is 0. The van der Waals surface area contributed by atoms with Crippen molar-refractivity contribution in [1.82, 2.24) is 19.7 Å². The third-order valence-corrected chi connectivity index (χ3v) is 5.63. The zero-order valence-electron chi connectivity index (χ0n) is 18.0. The van der Waals surface area contributed by atoms with Gasteiger partial charge < -0.3 is 15.0 Å². The van der Waals surface area contributed by atoms with Crippen LogP contribution in [-0.2, 0) is 11.8 Å². The van der Waals surface area contributed by atoms with Crippen LogP contribution < -0.4 is 10.2 Å². The number of aryl methyl sites for hydroxylation is 2. The molecule has 2 aromatic heterocycles. The number of rotatable bonds is 4. The molecule has 2 aromatic carbocycles. The van der Waals surface area contributed by atoms with E-state index in [0.29, 0.717) is 30.5 Å². The SMILES string of the molecule is Cc1nn(C)c2cc(-c3cc(Nc4ccc(C#N)cc4)nc(N4CCOCC4)n3)ccc12. The molecule has 1 saturated heterocycles. The largest absolute Gasteiger partial charge is 0.378 e. The second kappa shape index (κ2) is 8.29. The molecular weight excluding hydrogens is 402 g/mol. The van der Waals surface area contributed by atoms with Gasteiger partial charge in [0.25, 0.3) is 0 Å². The van der Waals surface area contributed by atoms with Gasteiger partial charge in [0, 0.05) is 42.8 Å². The number of anilines is 3. The van der Waals surface area contributed by atoms with E-state index in [2.05, 4.69) is 39.6 Å². The molecule has 0 spiro atoms.